The molecule has 74 valence electrons. The van der Waals surface area contributed by atoms with Crippen LogP contribution in [0.3, 0.4) is 0 Å². The monoisotopic (exact) mass is 181 g/mol. The lowest BCUT2D eigenvalue weighted by Crippen LogP contribution is -2.14. The van der Waals surface area contributed by atoms with Gasteiger partial charge in [0.2, 0.25) is 0 Å². The quantitative estimate of drug-likeness (QED) is 0.722. The van der Waals surface area contributed by atoms with Crippen LogP contribution < -0.4 is 5.32 Å². The molecular weight excluding hydrogens is 162 g/mol. The zero-order valence-corrected chi connectivity index (χ0v) is 9.03. The zero-order chi connectivity index (χ0) is 9.84. The van der Waals surface area contributed by atoms with Gasteiger partial charge in [0, 0.05) is 12.1 Å². The van der Waals surface area contributed by atoms with Crippen molar-refractivity contribution in [3.8, 4) is 0 Å². The molecule has 0 aliphatic carbocycles. The molecule has 1 heterocycles. The van der Waals surface area contributed by atoms with Crippen molar-refractivity contribution in [2.24, 2.45) is 0 Å². The number of aryl methyl sites for hydroxylation is 2. The number of furan rings is 1. The first-order valence-electron chi connectivity index (χ1n) is 4.93. The summed E-state index contributed by atoms with van der Waals surface area (Å²) in [6.07, 6.45) is 1.18. The van der Waals surface area contributed by atoms with Gasteiger partial charge in [-0.1, -0.05) is 6.92 Å². The van der Waals surface area contributed by atoms with E-state index in [9.17, 15) is 0 Å². The Kier molecular flexibility index (Phi) is 3.55. The summed E-state index contributed by atoms with van der Waals surface area (Å²) in [5.74, 6) is 2.10. The van der Waals surface area contributed by atoms with E-state index in [1.807, 2.05) is 13.8 Å². The van der Waals surface area contributed by atoms with Crippen LogP contribution in [-0.4, -0.2) is 6.54 Å². The Morgan fingerprint density at radius 2 is 1.85 bits per heavy atom. The average molecular weight is 181 g/mol. The summed E-state index contributed by atoms with van der Waals surface area (Å²) in [7, 11) is 0. The lowest BCUT2D eigenvalue weighted by atomic mass is 10.1. The maximum atomic E-state index is 5.54. The number of hydrogen-bond acceptors (Lipinski definition) is 2. The van der Waals surface area contributed by atoms with Crippen LogP contribution in [0.2, 0.25) is 0 Å². The minimum absolute atomic E-state index is 0.933. The van der Waals surface area contributed by atoms with Gasteiger partial charge in [-0.15, -0.1) is 0 Å². The first kappa shape index (κ1) is 10.3. The van der Waals surface area contributed by atoms with Crippen molar-refractivity contribution in [2.45, 2.75) is 40.7 Å². The van der Waals surface area contributed by atoms with E-state index in [2.05, 4.69) is 19.2 Å². The molecule has 2 nitrogen and oxygen atoms in total. The summed E-state index contributed by atoms with van der Waals surface area (Å²) < 4.78 is 5.54. The first-order valence-corrected chi connectivity index (χ1v) is 4.93. The van der Waals surface area contributed by atoms with Gasteiger partial charge in [0.25, 0.3) is 0 Å². The highest BCUT2D eigenvalue weighted by molar-refractivity contribution is 5.31. The second-order valence-electron chi connectivity index (χ2n) is 3.49. The highest BCUT2D eigenvalue weighted by Crippen LogP contribution is 2.20. The SMILES string of the molecule is CCCNCc1c(C)oc(C)c1C. The van der Waals surface area contributed by atoms with Crippen LogP contribution in [0.5, 0.6) is 0 Å². The summed E-state index contributed by atoms with van der Waals surface area (Å²) in [6.45, 7) is 10.3. The molecule has 0 fully saturated rings. The van der Waals surface area contributed by atoms with E-state index in [-0.39, 0.29) is 0 Å². The third-order valence-corrected chi connectivity index (χ3v) is 2.44. The third-order valence-electron chi connectivity index (χ3n) is 2.44. The van der Waals surface area contributed by atoms with Gasteiger partial charge in [0.15, 0.2) is 0 Å². The Bertz CT molecular complexity index is 276. The first-order chi connectivity index (χ1) is 6.16. The fraction of sp³-hybridized carbons (Fsp3) is 0.636. The second-order valence-corrected chi connectivity index (χ2v) is 3.49. The zero-order valence-electron chi connectivity index (χ0n) is 9.03. The van der Waals surface area contributed by atoms with Crippen LogP contribution in [0.1, 0.15) is 36.0 Å². The summed E-state index contributed by atoms with van der Waals surface area (Å²) >= 11 is 0. The van der Waals surface area contributed by atoms with E-state index in [0.717, 1.165) is 24.6 Å². The molecule has 0 saturated carbocycles. The summed E-state index contributed by atoms with van der Waals surface area (Å²) in [5, 5.41) is 3.39. The maximum Gasteiger partial charge on any atom is 0.105 e. The molecule has 1 rings (SSSR count). The van der Waals surface area contributed by atoms with Gasteiger partial charge in [-0.25, -0.2) is 0 Å². The van der Waals surface area contributed by atoms with E-state index in [1.54, 1.807) is 0 Å². The Morgan fingerprint density at radius 1 is 1.15 bits per heavy atom. The van der Waals surface area contributed by atoms with Gasteiger partial charge < -0.3 is 9.73 Å². The third kappa shape index (κ3) is 2.34. The second kappa shape index (κ2) is 4.47. The molecule has 0 spiro atoms. The number of hydrogen-bond donors (Lipinski definition) is 1. The van der Waals surface area contributed by atoms with Crippen molar-refractivity contribution in [3.63, 3.8) is 0 Å². The molecule has 0 bridgehead atoms. The van der Waals surface area contributed by atoms with Gasteiger partial charge in [0.05, 0.1) is 0 Å². The highest BCUT2D eigenvalue weighted by Gasteiger charge is 2.09. The van der Waals surface area contributed by atoms with Crippen LogP contribution in [0.25, 0.3) is 0 Å². The van der Waals surface area contributed by atoms with Crippen molar-refractivity contribution >= 4 is 0 Å². The lowest BCUT2D eigenvalue weighted by Gasteiger charge is -2.02. The number of rotatable bonds is 4. The lowest BCUT2D eigenvalue weighted by molar-refractivity contribution is 0.497. The standard InChI is InChI=1S/C11H19NO/c1-5-6-12-7-11-8(2)9(3)13-10(11)4/h12H,5-7H2,1-4H3. The van der Waals surface area contributed by atoms with E-state index in [1.165, 1.54) is 17.5 Å². The van der Waals surface area contributed by atoms with Gasteiger partial charge in [0.1, 0.15) is 11.5 Å². The fourth-order valence-corrected chi connectivity index (χ4v) is 1.49. The minimum Gasteiger partial charge on any atom is -0.466 e. The maximum absolute atomic E-state index is 5.54. The normalized spacial score (nSPS) is 10.8. The molecule has 0 aromatic carbocycles. The fourth-order valence-electron chi connectivity index (χ4n) is 1.49. The molecule has 0 aliphatic rings. The predicted molar refractivity (Wildman–Crippen MR) is 54.9 cm³/mol. The predicted octanol–water partition coefficient (Wildman–Crippen LogP) is 2.70. The molecule has 1 aromatic rings. The molecule has 0 aliphatic heterocycles. The minimum atomic E-state index is 0.933. The van der Waals surface area contributed by atoms with Gasteiger partial charge >= 0.3 is 0 Å². The van der Waals surface area contributed by atoms with Crippen molar-refractivity contribution in [2.75, 3.05) is 6.54 Å². The van der Waals surface area contributed by atoms with Gasteiger partial charge in [-0.05, 0) is 39.3 Å². The van der Waals surface area contributed by atoms with Crippen molar-refractivity contribution in [1.29, 1.82) is 0 Å². The summed E-state index contributed by atoms with van der Waals surface area (Å²) in [5.41, 5.74) is 2.62. The summed E-state index contributed by atoms with van der Waals surface area (Å²) in [4.78, 5) is 0. The highest BCUT2D eigenvalue weighted by atomic mass is 16.3. The average Bonchev–Trinajstić information content (AvgIpc) is 2.32. The molecule has 1 aromatic heterocycles. The van der Waals surface area contributed by atoms with Crippen molar-refractivity contribution in [1.82, 2.24) is 5.32 Å². The topological polar surface area (TPSA) is 25.2 Å². The molecule has 0 unspecified atom stereocenters. The van der Waals surface area contributed by atoms with Crippen LogP contribution in [0, 0.1) is 20.8 Å². The molecule has 1 N–H and O–H groups in total. The molecule has 0 amide bonds. The van der Waals surface area contributed by atoms with E-state index in [4.69, 9.17) is 4.42 Å². The Morgan fingerprint density at radius 3 is 2.31 bits per heavy atom. The molecular formula is C11H19NO. The largest absolute Gasteiger partial charge is 0.466 e. The van der Waals surface area contributed by atoms with Crippen LogP contribution in [-0.2, 0) is 6.54 Å². The van der Waals surface area contributed by atoms with Crippen LogP contribution >= 0.6 is 0 Å². The van der Waals surface area contributed by atoms with Gasteiger partial charge in [-0.3, -0.25) is 0 Å². The smallest absolute Gasteiger partial charge is 0.105 e. The molecule has 0 saturated heterocycles. The Labute approximate surface area is 80.3 Å². The Balaban J connectivity index is 2.64. The van der Waals surface area contributed by atoms with Crippen molar-refractivity contribution < 1.29 is 4.42 Å². The number of nitrogens with one attached hydrogen (secondary N) is 1. The molecule has 2 heteroatoms. The van der Waals surface area contributed by atoms with E-state index < -0.39 is 0 Å². The molecule has 13 heavy (non-hydrogen) atoms. The van der Waals surface area contributed by atoms with Crippen LogP contribution in [0.4, 0.5) is 0 Å². The van der Waals surface area contributed by atoms with E-state index in [0.29, 0.717) is 0 Å². The summed E-state index contributed by atoms with van der Waals surface area (Å²) in [6, 6.07) is 0. The van der Waals surface area contributed by atoms with Crippen molar-refractivity contribution in [3.05, 3.63) is 22.6 Å². The van der Waals surface area contributed by atoms with E-state index >= 15 is 0 Å². The van der Waals surface area contributed by atoms with Crippen LogP contribution in [0.15, 0.2) is 4.42 Å². The molecule has 0 atom stereocenters. The van der Waals surface area contributed by atoms with Gasteiger partial charge in [-0.2, -0.15) is 0 Å². The Hall–Kier alpha value is -0.760. The molecule has 0 radical (unpaired) electrons.